The average molecular weight is 601 g/mol. The molecule has 0 fully saturated rings. The maximum Gasteiger partial charge on any atom is 0.253 e. The van der Waals surface area contributed by atoms with E-state index < -0.39 is 15.9 Å². The predicted molar refractivity (Wildman–Crippen MR) is 168 cm³/mol. The van der Waals surface area contributed by atoms with Crippen LogP contribution in [-0.2, 0) is 38.5 Å². The molecule has 10 heteroatoms. The van der Waals surface area contributed by atoms with Crippen LogP contribution < -0.4 is 0 Å². The topological polar surface area (TPSA) is 120 Å². The number of hydrogen-bond donors (Lipinski definition) is 2. The standard InChI is InChI=1S/C32H48N4O5S/c1-31(2,3)20-23-22-13-14-25(37)24(29(22)33-30(23)42(41)32(4,5)6)21-34(7)18-19-35(8)26(38)12-10-9-11-17-36-27(39)15-16-28(36)40/h13-16,33,37H,9-12,17-21H2,1-8H3/t42-/m0/s1. The summed E-state index contributed by atoms with van der Waals surface area (Å²) in [6.07, 6.45) is 5.87. The molecule has 1 aliphatic heterocycles. The van der Waals surface area contributed by atoms with Crippen molar-refractivity contribution in [3.8, 4) is 5.75 Å². The molecule has 1 aromatic heterocycles. The number of phenolic OH excluding ortho intramolecular Hbond substituents is 1. The first-order chi connectivity index (χ1) is 19.5. The van der Waals surface area contributed by atoms with Crippen LogP contribution in [0, 0.1) is 5.41 Å². The number of rotatable bonds is 13. The van der Waals surface area contributed by atoms with Gasteiger partial charge in [-0.1, -0.05) is 27.2 Å². The smallest absolute Gasteiger partial charge is 0.253 e. The van der Waals surface area contributed by atoms with E-state index in [0.717, 1.165) is 39.9 Å². The monoisotopic (exact) mass is 600 g/mol. The third-order valence-corrected chi connectivity index (χ3v) is 9.25. The van der Waals surface area contributed by atoms with Gasteiger partial charge >= 0.3 is 0 Å². The van der Waals surface area contributed by atoms with Gasteiger partial charge in [-0.15, -0.1) is 0 Å². The minimum Gasteiger partial charge on any atom is -0.610 e. The van der Waals surface area contributed by atoms with Crippen LogP contribution in [0.3, 0.4) is 0 Å². The second-order valence-electron chi connectivity index (χ2n) is 13.6. The molecule has 2 aromatic rings. The number of unbranched alkanes of at least 4 members (excludes halogenated alkanes) is 2. The van der Waals surface area contributed by atoms with Crippen LogP contribution in [0.5, 0.6) is 5.75 Å². The number of phenols is 1. The Kier molecular flexibility index (Phi) is 10.9. The highest BCUT2D eigenvalue weighted by Gasteiger charge is 2.35. The SMILES string of the molecule is CN(CCN(C)C(=O)CCCCCN1C(=O)C=CC1=O)Cc1c(O)ccc2c(CC(C)(C)C)c([S@+]([O-])C(C)(C)C)[nH]c12. The Labute approximate surface area is 253 Å². The number of benzene rings is 1. The van der Waals surface area contributed by atoms with Crippen LogP contribution in [0.1, 0.15) is 78.4 Å². The molecule has 232 valence electrons. The summed E-state index contributed by atoms with van der Waals surface area (Å²) in [4.78, 5) is 44.4. The summed E-state index contributed by atoms with van der Waals surface area (Å²) in [5.74, 6) is -0.310. The third kappa shape index (κ3) is 8.61. The lowest BCUT2D eigenvalue weighted by Gasteiger charge is -2.25. The number of nitrogens with one attached hydrogen (secondary N) is 1. The molecular weight excluding hydrogens is 552 g/mol. The molecule has 0 radical (unpaired) electrons. The van der Waals surface area contributed by atoms with Gasteiger partial charge < -0.3 is 24.4 Å². The van der Waals surface area contributed by atoms with Gasteiger partial charge in [0.1, 0.15) is 10.5 Å². The van der Waals surface area contributed by atoms with E-state index in [1.165, 1.54) is 17.1 Å². The largest absolute Gasteiger partial charge is 0.610 e. The van der Waals surface area contributed by atoms with E-state index in [1.54, 1.807) is 18.0 Å². The minimum atomic E-state index is -1.26. The molecule has 0 spiro atoms. The molecule has 0 unspecified atom stereocenters. The number of aromatic hydroxyl groups is 1. The highest BCUT2D eigenvalue weighted by Crippen LogP contribution is 2.39. The van der Waals surface area contributed by atoms with Crippen molar-refractivity contribution in [1.82, 2.24) is 19.7 Å². The van der Waals surface area contributed by atoms with Crippen molar-refractivity contribution >= 4 is 39.8 Å². The highest BCUT2D eigenvalue weighted by atomic mass is 32.2. The first kappa shape index (κ1) is 33.7. The molecule has 0 bridgehead atoms. The Morgan fingerprint density at radius 1 is 0.976 bits per heavy atom. The van der Waals surface area contributed by atoms with Crippen molar-refractivity contribution in [2.75, 3.05) is 33.7 Å². The summed E-state index contributed by atoms with van der Waals surface area (Å²) >= 11 is -1.26. The Morgan fingerprint density at radius 3 is 2.21 bits per heavy atom. The third-order valence-electron chi connectivity index (χ3n) is 7.42. The number of amides is 3. The van der Waals surface area contributed by atoms with Crippen LogP contribution in [0.2, 0.25) is 0 Å². The number of hydrogen-bond acceptors (Lipinski definition) is 6. The molecule has 2 N–H and O–H groups in total. The first-order valence-corrected chi connectivity index (χ1v) is 15.9. The molecule has 1 aliphatic rings. The zero-order valence-corrected chi connectivity index (χ0v) is 27.3. The summed E-state index contributed by atoms with van der Waals surface area (Å²) in [6, 6.07) is 3.64. The second-order valence-corrected chi connectivity index (χ2v) is 15.7. The summed E-state index contributed by atoms with van der Waals surface area (Å²) in [5.41, 5.74) is 2.59. The Hall–Kier alpha value is -2.82. The van der Waals surface area contributed by atoms with Gasteiger partial charge in [-0.05, 0) is 64.6 Å². The lowest BCUT2D eigenvalue weighted by atomic mass is 9.88. The summed E-state index contributed by atoms with van der Waals surface area (Å²) in [5, 5.41) is 12.6. The van der Waals surface area contributed by atoms with Crippen LogP contribution in [0.15, 0.2) is 29.3 Å². The maximum absolute atomic E-state index is 13.5. The van der Waals surface area contributed by atoms with Crippen molar-refractivity contribution in [1.29, 1.82) is 0 Å². The number of likely N-dealkylation sites (N-methyl/N-ethyl adjacent to an activating group) is 2. The number of aromatic nitrogens is 1. The van der Waals surface area contributed by atoms with E-state index >= 15 is 0 Å². The number of H-pyrrole nitrogens is 1. The van der Waals surface area contributed by atoms with Gasteiger partial charge in [-0.2, -0.15) is 0 Å². The van der Waals surface area contributed by atoms with Crippen LogP contribution >= 0.6 is 0 Å². The predicted octanol–water partition coefficient (Wildman–Crippen LogP) is 4.74. The average Bonchev–Trinajstić information content (AvgIpc) is 3.40. The number of carbonyl (C=O) groups excluding carboxylic acids is 3. The summed E-state index contributed by atoms with van der Waals surface area (Å²) in [7, 11) is 3.75. The molecule has 3 rings (SSSR count). The van der Waals surface area contributed by atoms with Crippen LogP contribution in [0.4, 0.5) is 0 Å². The fourth-order valence-electron chi connectivity index (χ4n) is 5.03. The van der Waals surface area contributed by atoms with Gasteiger partial charge in [-0.3, -0.25) is 19.3 Å². The van der Waals surface area contributed by atoms with E-state index in [0.29, 0.717) is 45.4 Å². The number of carbonyl (C=O) groups is 3. The van der Waals surface area contributed by atoms with E-state index in [2.05, 4.69) is 30.7 Å². The number of imide groups is 1. The molecule has 0 aliphatic carbocycles. The Balaban J connectivity index is 1.60. The highest BCUT2D eigenvalue weighted by molar-refractivity contribution is 7.92. The fourth-order valence-corrected chi connectivity index (χ4v) is 6.25. The quantitative estimate of drug-likeness (QED) is 0.195. The minimum absolute atomic E-state index is 0.0125. The van der Waals surface area contributed by atoms with Gasteiger partial charge in [-0.25, -0.2) is 0 Å². The lowest BCUT2D eigenvalue weighted by molar-refractivity contribution is -0.137. The second kappa shape index (κ2) is 13.7. The van der Waals surface area contributed by atoms with Crippen molar-refractivity contribution in [2.45, 2.75) is 90.0 Å². The van der Waals surface area contributed by atoms with Gasteiger partial charge in [0.15, 0.2) is 0 Å². The zero-order chi connectivity index (χ0) is 31.4. The van der Waals surface area contributed by atoms with E-state index in [-0.39, 0.29) is 28.9 Å². The van der Waals surface area contributed by atoms with Crippen molar-refractivity contribution in [2.24, 2.45) is 5.41 Å². The van der Waals surface area contributed by atoms with Gasteiger partial charge in [0.25, 0.3) is 11.8 Å². The zero-order valence-electron chi connectivity index (χ0n) is 26.5. The molecule has 1 atom stereocenters. The molecule has 3 amide bonds. The van der Waals surface area contributed by atoms with E-state index in [1.807, 2.05) is 33.9 Å². The molecule has 42 heavy (non-hydrogen) atoms. The summed E-state index contributed by atoms with van der Waals surface area (Å²) < 4.78 is 13.1. The Bertz CT molecular complexity index is 1300. The van der Waals surface area contributed by atoms with Crippen LogP contribution in [-0.4, -0.2) is 85.5 Å². The normalized spacial score (nSPS) is 15.0. The van der Waals surface area contributed by atoms with Crippen LogP contribution in [0.25, 0.3) is 10.9 Å². The number of nitrogens with zero attached hydrogens (tertiary/aromatic N) is 3. The lowest BCUT2D eigenvalue weighted by Crippen LogP contribution is -2.34. The van der Waals surface area contributed by atoms with E-state index in [4.69, 9.17) is 0 Å². The van der Waals surface area contributed by atoms with E-state index in [9.17, 15) is 24.0 Å². The molecule has 9 nitrogen and oxygen atoms in total. The van der Waals surface area contributed by atoms with Gasteiger partial charge in [0, 0.05) is 79.5 Å². The number of fused-ring (bicyclic) bond motifs is 1. The van der Waals surface area contributed by atoms with Crippen molar-refractivity contribution in [3.05, 3.63) is 35.4 Å². The molecule has 2 heterocycles. The fraction of sp³-hybridized carbons (Fsp3) is 0.594. The Morgan fingerprint density at radius 2 is 1.62 bits per heavy atom. The molecule has 1 aromatic carbocycles. The maximum atomic E-state index is 13.5. The van der Waals surface area contributed by atoms with Gasteiger partial charge in [0.05, 0.1) is 5.52 Å². The molecular formula is C32H48N4O5S. The number of aromatic amines is 1. The van der Waals surface area contributed by atoms with Crippen molar-refractivity contribution < 1.29 is 24.0 Å². The summed E-state index contributed by atoms with van der Waals surface area (Å²) in [6.45, 7) is 14.4. The molecule has 0 saturated heterocycles. The molecule has 0 saturated carbocycles. The van der Waals surface area contributed by atoms with Gasteiger partial charge in [0.2, 0.25) is 10.9 Å². The van der Waals surface area contributed by atoms with Crippen molar-refractivity contribution in [3.63, 3.8) is 0 Å². The first-order valence-electron chi connectivity index (χ1n) is 14.7.